The molecule has 0 heterocycles. The van der Waals surface area contributed by atoms with Crippen LogP contribution in [0.5, 0.6) is 0 Å². The summed E-state index contributed by atoms with van der Waals surface area (Å²) in [7, 11) is 0. The number of hydrogen-bond donors (Lipinski definition) is 2. The van der Waals surface area contributed by atoms with E-state index in [1.807, 2.05) is 0 Å². The van der Waals surface area contributed by atoms with Crippen molar-refractivity contribution in [2.45, 2.75) is 13.5 Å². The first-order valence-electron chi connectivity index (χ1n) is 7.67. The van der Waals surface area contributed by atoms with Crippen LogP contribution >= 0.6 is 11.8 Å². The lowest BCUT2D eigenvalue weighted by atomic mass is 10.1. The normalized spacial score (nSPS) is 11.0. The van der Waals surface area contributed by atoms with E-state index in [0.717, 1.165) is 22.7 Å². The Kier molecular flexibility index (Phi) is 6.73. The summed E-state index contributed by atoms with van der Waals surface area (Å²) in [5.41, 5.74) is 9.27. The van der Waals surface area contributed by atoms with Crippen LogP contribution in [0.4, 0.5) is 14.5 Å². The van der Waals surface area contributed by atoms with E-state index in [1.54, 1.807) is 19.1 Å². The molecular weight excluding hydrogens is 380 g/mol. The van der Waals surface area contributed by atoms with E-state index in [1.165, 1.54) is 12.1 Å². The SMILES string of the molecule is Cc1ccc(C(N)=O)cc1N(Cl)N/C(=C\C=O)OCc1ccc(F)cc1F. The minimum absolute atomic E-state index is 0.0861. The summed E-state index contributed by atoms with van der Waals surface area (Å²) < 4.78 is 33.0. The molecule has 0 fully saturated rings. The van der Waals surface area contributed by atoms with Crippen molar-refractivity contribution in [1.82, 2.24) is 5.43 Å². The number of allylic oxidation sites excluding steroid dienone is 1. The van der Waals surface area contributed by atoms with Gasteiger partial charge in [0.15, 0.2) is 0 Å². The molecule has 0 saturated heterocycles. The molecule has 27 heavy (non-hydrogen) atoms. The molecule has 2 aromatic rings. The van der Waals surface area contributed by atoms with Gasteiger partial charge in [-0.3, -0.25) is 15.0 Å². The van der Waals surface area contributed by atoms with Crippen LogP contribution in [-0.4, -0.2) is 12.2 Å². The Labute approximate surface area is 159 Å². The van der Waals surface area contributed by atoms with Crippen LogP contribution in [-0.2, 0) is 16.1 Å². The van der Waals surface area contributed by atoms with E-state index in [0.29, 0.717) is 17.5 Å². The molecule has 142 valence electrons. The van der Waals surface area contributed by atoms with Crippen LogP contribution in [0.15, 0.2) is 48.4 Å². The molecule has 2 aromatic carbocycles. The summed E-state index contributed by atoms with van der Waals surface area (Å²) >= 11 is 6.16. The lowest BCUT2D eigenvalue weighted by Gasteiger charge is -2.22. The van der Waals surface area contributed by atoms with Gasteiger partial charge < -0.3 is 10.5 Å². The van der Waals surface area contributed by atoms with Gasteiger partial charge in [0.1, 0.15) is 24.5 Å². The Morgan fingerprint density at radius 2 is 2.04 bits per heavy atom. The molecule has 3 N–H and O–H groups in total. The second-order valence-electron chi connectivity index (χ2n) is 5.45. The van der Waals surface area contributed by atoms with Gasteiger partial charge in [0.2, 0.25) is 11.8 Å². The molecule has 0 saturated carbocycles. The highest BCUT2D eigenvalue weighted by molar-refractivity contribution is 6.25. The number of nitrogens with zero attached hydrogens (tertiary/aromatic N) is 1. The second-order valence-corrected chi connectivity index (χ2v) is 5.79. The monoisotopic (exact) mass is 395 g/mol. The number of ether oxygens (including phenoxy) is 1. The number of rotatable bonds is 8. The molecule has 1 amide bonds. The van der Waals surface area contributed by atoms with Crippen molar-refractivity contribution < 1.29 is 23.1 Å². The zero-order valence-corrected chi connectivity index (χ0v) is 15.0. The third-order valence-electron chi connectivity index (χ3n) is 3.53. The van der Waals surface area contributed by atoms with Gasteiger partial charge in [0, 0.05) is 35.0 Å². The van der Waals surface area contributed by atoms with E-state index >= 15 is 0 Å². The first kappa shape index (κ1) is 20.2. The van der Waals surface area contributed by atoms with Crippen LogP contribution < -0.4 is 15.7 Å². The maximum Gasteiger partial charge on any atom is 0.248 e. The Hall–Kier alpha value is -3.13. The Morgan fingerprint density at radius 1 is 1.30 bits per heavy atom. The highest BCUT2D eigenvalue weighted by atomic mass is 35.5. The first-order valence-corrected chi connectivity index (χ1v) is 8.01. The molecule has 0 atom stereocenters. The number of carbonyl (C=O) groups excluding carboxylic acids is 2. The molecule has 0 unspecified atom stereocenters. The third kappa shape index (κ3) is 5.42. The van der Waals surface area contributed by atoms with Gasteiger partial charge in [-0.25, -0.2) is 8.78 Å². The fourth-order valence-corrected chi connectivity index (χ4v) is 2.37. The number of aldehydes is 1. The minimum Gasteiger partial charge on any atom is -0.473 e. The smallest absolute Gasteiger partial charge is 0.248 e. The molecule has 6 nitrogen and oxygen atoms in total. The quantitative estimate of drug-likeness (QED) is 0.236. The maximum absolute atomic E-state index is 13.7. The van der Waals surface area contributed by atoms with Crippen molar-refractivity contribution in [2.75, 3.05) is 4.53 Å². The number of anilines is 1. The van der Waals surface area contributed by atoms with E-state index in [9.17, 15) is 18.4 Å². The highest BCUT2D eigenvalue weighted by Gasteiger charge is 2.13. The molecule has 0 aliphatic carbocycles. The molecule has 0 radical (unpaired) electrons. The number of primary amides is 1. The average molecular weight is 396 g/mol. The van der Waals surface area contributed by atoms with E-state index < -0.39 is 17.5 Å². The zero-order valence-electron chi connectivity index (χ0n) is 14.2. The number of hydrogen-bond acceptors (Lipinski definition) is 5. The standard InChI is InChI=1S/C18H16ClF2N3O3/c1-11-2-3-12(18(22)26)8-16(11)24(19)23-17(6-7-25)27-10-13-4-5-14(20)9-15(13)21/h2-9,23H,10H2,1H3,(H2,22,26)/b17-6+. The van der Waals surface area contributed by atoms with Crippen molar-refractivity contribution in [1.29, 1.82) is 0 Å². The van der Waals surface area contributed by atoms with Crippen molar-refractivity contribution in [3.05, 3.63) is 76.7 Å². The van der Waals surface area contributed by atoms with Crippen LogP contribution in [0.2, 0.25) is 0 Å². The largest absolute Gasteiger partial charge is 0.473 e. The number of amides is 1. The third-order valence-corrected chi connectivity index (χ3v) is 3.80. The number of aryl methyl sites for hydroxylation is 1. The topological polar surface area (TPSA) is 84.7 Å². The average Bonchev–Trinajstić information content (AvgIpc) is 2.61. The fourth-order valence-electron chi connectivity index (χ4n) is 2.10. The van der Waals surface area contributed by atoms with Crippen LogP contribution in [0, 0.1) is 18.6 Å². The van der Waals surface area contributed by atoms with Gasteiger partial charge in [-0.2, -0.15) is 4.53 Å². The fraction of sp³-hybridized carbons (Fsp3) is 0.111. The minimum atomic E-state index is -0.784. The van der Waals surface area contributed by atoms with Crippen LogP contribution in [0.1, 0.15) is 21.5 Å². The molecule has 0 spiro atoms. The van der Waals surface area contributed by atoms with Gasteiger partial charge in [0.25, 0.3) is 0 Å². The second kappa shape index (κ2) is 9.00. The summed E-state index contributed by atoms with van der Waals surface area (Å²) in [6, 6.07) is 7.68. The number of benzene rings is 2. The molecular formula is C18H16ClF2N3O3. The van der Waals surface area contributed by atoms with Gasteiger partial charge in [-0.15, -0.1) is 0 Å². The molecule has 0 bridgehead atoms. The molecule has 0 aliphatic heterocycles. The summed E-state index contributed by atoms with van der Waals surface area (Å²) in [4.78, 5) is 22.1. The van der Waals surface area contributed by atoms with E-state index in [4.69, 9.17) is 22.2 Å². The number of nitrogens with two attached hydrogens (primary N) is 1. The first-order chi connectivity index (χ1) is 12.8. The lowest BCUT2D eigenvalue weighted by molar-refractivity contribution is -0.104. The predicted molar refractivity (Wildman–Crippen MR) is 96.5 cm³/mol. The van der Waals surface area contributed by atoms with Crippen molar-refractivity contribution >= 4 is 29.7 Å². The summed E-state index contributed by atoms with van der Waals surface area (Å²) in [5, 5.41) is 0. The van der Waals surface area contributed by atoms with Crippen molar-refractivity contribution in [3.63, 3.8) is 0 Å². The summed E-state index contributed by atoms with van der Waals surface area (Å²) in [6.45, 7) is 1.47. The summed E-state index contributed by atoms with van der Waals surface area (Å²) in [5.74, 6) is -2.22. The maximum atomic E-state index is 13.7. The predicted octanol–water partition coefficient (Wildman–Crippen LogP) is 3.09. The number of nitrogens with one attached hydrogen (secondary N) is 1. The van der Waals surface area contributed by atoms with Crippen LogP contribution in [0.3, 0.4) is 0 Å². The Morgan fingerprint density at radius 3 is 2.67 bits per heavy atom. The Bertz CT molecular complexity index is 890. The van der Waals surface area contributed by atoms with Gasteiger partial charge in [-0.1, -0.05) is 6.07 Å². The number of hydrazine groups is 1. The van der Waals surface area contributed by atoms with Gasteiger partial charge in [-0.05, 0) is 36.8 Å². The Balaban J connectivity index is 2.14. The van der Waals surface area contributed by atoms with E-state index in [-0.39, 0.29) is 23.6 Å². The molecule has 0 aliphatic rings. The van der Waals surface area contributed by atoms with E-state index in [2.05, 4.69) is 5.43 Å². The lowest BCUT2D eigenvalue weighted by Crippen LogP contribution is -2.31. The van der Waals surface area contributed by atoms with Crippen LogP contribution in [0.25, 0.3) is 0 Å². The molecule has 2 rings (SSSR count). The van der Waals surface area contributed by atoms with Gasteiger partial charge in [0.05, 0.1) is 5.69 Å². The molecule has 9 heteroatoms. The van der Waals surface area contributed by atoms with Crippen molar-refractivity contribution in [2.24, 2.45) is 5.73 Å². The molecule has 0 aromatic heterocycles. The zero-order chi connectivity index (χ0) is 20.0. The summed E-state index contributed by atoms with van der Waals surface area (Å²) in [6.07, 6.45) is 1.48. The van der Waals surface area contributed by atoms with Gasteiger partial charge >= 0.3 is 0 Å². The number of halogens is 3. The number of carbonyl (C=O) groups is 2. The highest BCUT2D eigenvalue weighted by Crippen LogP contribution is 2.23. The van der Waals surface area contributed by atoms with Crippen molar-refractivity contribution in [3.8, 4) is 0 Å².